The van der Waals surface area contributed by atoms with E-state index in [1.54, 1.807) is 17.7 Å². The van der Waals surface area contributed by atoms with Crippen LogP contribution in [0.1, 0.15) is 0 Å². The highest BCUT2D eigenvalue weighted by molar-refractivity contribution is 9.10. The Morgan fingerprint density at radius 2 is 2.10 bits per heavy atom. The van der Waals surface area contributed by atoms with Gasteiger partial charge in [0.15, 0.2) is 0 Å². The van der Waals surface area contributed by atoms with E-state index in [4.69, 9.17) is 10.5 Å². The number of rotatable bonds is 2. The van der Waals surface area contributed by atoms with Gasteiger partial charge in [0, 0.05) is 12.1 Å². The number of benzene rings is 2. The summed E-state index contributed by atoms with van der Waals surface area (Å²) in [6, 6.07) is 10.4. The number of halogens is 2. The van der Waals surface area contributed by atoms with Crippen LogP contribution in [0.4, 0.5) is 10.3 Å². The second-order valence-corrected chi connectivity index (χ2v) is 5.12. The minimum absolute atomic E-state index is 0.297. The third kappa shape index (κ3) is 2.02. The zero-order valence-electron chi connectivity index (χ0n) is 10.6. The summed E-state index contributed by atoms with van der Waals surface area (Å²) in [5, 5.41) is 0. The van der Waals surface area contributed by atoms with Gasteiger partial charge in [-0.1, -0.05) is 6.07 Å². The van der Waals surface area contributed by atoms with Crippen molar-refractivity contribution in [3.63, 3.8) is 0 Å². The normalized spacial score (nSPS) is 10.9. The molecule has 0 aliphatic heterocycles. The summed E-state index contributed by atoms with van der Waals surface area (Å²) in [5.41, 5.74) is 7.95. The van der Waals surface area contributed by atoms with Gasteiger partial charge in [0.1, 0.15) is 11.6 Å². The minimum Gasteiger partial charge on any atom is -0.497 e. The average Bonchev–Trinajstić information content (AvgIpc) is 2.74. The fourth-order valence-electron chi connectivity index (χ4n) is 2.11. The molecule has 0 saturated carbocycles. The molecule has 2 N–H and O–H groups in total. The third-order valence-corrected chi connectivity index (χ3v) is 3.64. The molecule has 0 amide bonds. The number of nitrogens with two attached hydrogens (primary N) is 1. The van der Waals surface area contributed by atoms with Crippen molar-refractivity contribution in [2.75, 3.05) is 12.8 Å². The van der Waals surface area contributed by atoms with Gasteiger partial charge in [-0.05, 0) is 34.1 Å². The SMILES string of the molecule is COc1cccc(-n2c(N)nc3cc(Br)c(F)cc32)c1. The van der Waals surface area contributed by atoms with Crippen LogP contribution < -0.4 is 10.5 Å². The number of nitrogen functional groups attached to an aromatic ring is 1. The first-order valence-electron chi connectivity index (χ1n) is 5.87. The maximum Gasteiger partial charge on any atom is 0.205 e. The van der Waals surface area contributed by atoms with Gasteiger partial charge >= 0.3 is 0 Å². The van der Waals surface area contributed by atoms with Gasteiger partial charge in [0.25, 0.3) is 0 Å². The molecule has 0 spiro atoms. The molecule has 3 aromatic rings. The second-order valence-electron chi connectivity index (χ2n) is 4.26. The lowest BCUT2D eigenvalue weighted by Crippen LogP contribution is -2.01. The quantitative estimate of drug-likeness (QED) is 0.779. The lowest BCUT2D eigenvalue weighted by atomic mass is 10.2. The number of hydrogen-bond acceptors (Lipinski definition) is 3. The van der Waals surface area contributed by atoms with Crippen LogP contribution >= 0.6 is 15.9 Å². The Labute approximate surface area is 123 Å². The maximum atomic E-state index is 13.7. The predicted octanol–water partition coefficient (Wildman–Crippen LogP) is 3.52. The Bertz CT molecular complexity index is 800. The molecule has 0 radical (unpaired) electrons. The number of hydrogen-bond donors (Lipinski definition) is 1. The smallest absolute Gasteiger partial charge is 0.205 e. The first-order valence-corrected chi connectivity index (χ1v) is 6.67. The summed E-state index contributed by atoms with van der Waals surface area (Å²) in [6.45, 7) is 0. The molecule has 6 heteroatoms. The Hall–Kier alpha value is -2.08. The predicted molar refractivity (Wildman–Crippen MR) is 79.7 cm³/mol. The minimum atomic E-state index is -0.360. The Morgan fingerprint density at radius 1 is 1.30 bits per heavy atom. The summed E-state index contributed by atoms with van der Waals surface area (Å²) in [7, 11) is 1.59. The number of nitrogens with zero attached hydrogens (tertiary/aromatic N) is 2. The number of methoxy groups -OCH3 is 1. The fourth-order valence-corrected chi connectivity index (χ4v) is 2.44. The van der Waals surface area contributed by atoms with E-state index in [0.29, 0.717) is 27.2 Å². The van der Waals surface area contributed by atoms with E-state index in [2.05, 4.69) is 20.9 Å². The fraction of sp³-hybridized carbons (Fsp3) is 0.0714. The molecule has 0 unspecified atom stereocenters. The van der Waals surface area contributed by atoms with E-state index >= 15 is 0 Å². The van der Waals surface area contributed by atoms with Crippen LogP contribution in [0, 0.1) is 5.82 Å². The standard InChI is InChI=1S/C14H11BrFN3O/c1-20-9-4-2-3-8(5-9)19-13-7-11(16)10(15)6-12(13)18-14(19)17/h2-7H,1H3,(H2,17,18). The summed E-state index contributed by atoms with van der Waals surface area (Å²) in [6.07, 6.45) is 0. The van der Waals surface area contributed by atoms with Crippen molar-refractivity contribution in [3.05, 3.63) is 46.7 Å². The second kappa shape index (κ2) is 4.79. The van der Waals surface area contributed by atoms with Crippen LogP contribution in [0.25, 0.3) is 16.7 Å². The lowest BCUT2D eigenvalue weighted by molar-refractivity contribution is 0.414. The zero-order valence-corrected chi connectivity index (χ0v) is 12.2. The molecular weight excluding hydrogens is 325 g/mol. The molecular formula is C14H11BrFN3O. The van der Waals surface area contributed by atoms with E-state index in [-0.39, 0.29) is 5.82 Å². The van der Waals surface area contributed by atoms with Crippen LogP contribution in [0.3, 0.4) is 0 Å². The number of fused-ring (bicyclic) bond motifs is 1. The molecule has 0 saturated heterocycles. The molecule has 0 aliphatic rings. The van der Waals surface area contributed by atoms with E-state index in [0.717, 1.165) is 5.69 Å². The molecule has 0 atom stereocenters. The third-order valence-electron chi connectivity index (χ3n) is 3.03. The van der Waals surface area contributed by atoms with Crippen molar-refractivity contribution < 1.29 is 9.13 Å². The first kappa shape index (κ1) is 12.9. The van der Waals surface area contributed by atoms with Crippen LogP contribution in [0.2, 0.25) is 0 Å². The van der Waals surface area contributed by atoms with E-state index in [1.165, 1.54) is 6.07 Å². The van der Waals surface area contributed by atoms with Crippen LogP contribution in [-0.4, -0.2) is 16.7 Å². The highest BCUT2D eigenvalue weighted by atomic mass is 79.9. The molecule has 1 heterocycles. The van der Waals surface area contributed by atoms with Crippen molar-refractivity contribution in [2.45, 2.75) is 0 Å². The molecule has 4 nitrogen and oxygen atoms in total. The van der Waals surface area contributed by atoms with Crippen LogP contribution in [0.15, 0.2) is 40.9 Å². The van der Waals surface area contributed by atoms with Gasteiger partial charge in [0.05, 0.1) is 28.3 Å². The van der Waals surface area contributed by atoms with Crippen molar-refractivity contribution in [1.29, 1.82) is 0 Å². The molecule has 1 aromatic heterocycles. The van der Waals surface area contributed by atoms with Gasteiger partial charge < -0.3 is 10.5 Å². The van der Waals surface area contributed by atoms with Gasteiger partial charge in [-0.25, -0.2) is 9.37 Å². The molecule has 0 fully saturated rings. The Morgan fingerprint density at radius 3 is 2.85 bits per heavy atom. The van der Waals surface area contributed by atoms with E-state index < -0.39 is 0 Å². The number of imidazole rings is 1. The number of aromatic nitrogens is 2. The highest BCUT2D eigenvalue weighted by Gasteiger charge is 2.13. The number of ether oxygens (including phenoxy) is 1. The summed E-state index contributed by atoms with van der Waals surface area (Å²) < 4.78 is 21.0. The molecule has 3 rings (SSSR count). The van der Waals surface area contributed by atoms with Crippen molar-refractivity contribution in [2.24, 2.45) is 0 Å². The van der Waals surface area contributed by atoms with E-state index in [1.807, 2.05) is 24.3 Å². The zero-order chi connectivity index (χ0) is 14.3. The van der Waals surface area contributed by atoms with Gasteiger partial charge in [-0.2, -0.15) is 0 Å². The van der Waals surface area contributed by atoms with Gasteiger partial charge in [-0.3, -0.25) is 4.57 Å². The number of anilines is 1. The summed E-state index contributed by atoms with van der Waals surface area (Å²) >= 11 is 3.14. The molecule has 0 aliphatic carbocycles. The van der Waals surface area contributed by atoms with E-state index in [9.17, 15) is 4.39 Å². The lowest BCUT2D eigenvalue weighted by Gasteiger charge is -2.08. The van der Waals surface area contributed by atoms with Gasteiger partial charge in [0.2, 0.25) is 5.95 Å². The van der Waals surface area contributed by atoms with Crippen molar-refractivity contribution in [3.8, 4) is 11.4 Å². The maximum absolute atomic E-state index is 13.7. The summed E-state index contributed by atoms with van der Waals surface area (Å²) in [4.78, 5) is 4.25. The first-order chi connectivity index (χ1) is 9.60. The monoisotopic (exact) mass is 335 g/mol. The van der Waals surface area contributed by atoms with Crippen LogP contribution in [0.5, 0.6) is 5.75 Å². The largest absolute Gasteiger partial charge is 0.497 e. The summed E-state index contributed by atoms with van der Waals surface area (Å²) in [5.74, 6) is 0.633. The topological polar surface area (TPSA) is 53.1 Å². The van der Waals surface area contributed by atoms with Crippen molar-refractivity contribution >= 4 is 32.9 Å². The Kier molecular flexibility index (Phi) is 3.10. The Balaban J connectivity index is 2.29. The molecule has 20 heavy (non-hydrogen) atoms. The average molecular weight is 336 g/mol. The highest BCUT2D eigenvalue weighted by Crippen LogP contribution is 2.28. The molecule has 2 aromatic carbocycles. The van der Waals surface area contributed by atoms with Gasteiger partial charge in [-0.15, -0.1) is 0 Å². The van der Waals surface area contributed by atoms with Crippen LogP contribution in [-0.2, 0) is 0 Å². The molecule has 102 valence electrons. The van der Waals surface area contributed by atoms with Crippen molar-refractivity contribution in [1.82, 2.24) is 9.55 Å². The molecule has 0 bridgehead atoms.